The Labute approximate surface area is 51.4 Å². The summed E-state index contributed by atoms with van der Waals surface area (Å²) in [5, 5.41) is 1.11. The van der Waals surface area contributed by atoms with Crippen LogP contribution in [0.4, 0.5) is 0 Å². The fourth-order valence-electron chi connectivity index (χ4n) is 0.317. The molecular weight excluding hydrogens is 126 g/mol. The van der Waals surface area contributed by atoms with Gasteiger partial charge in [0.05, 0.1) is 9.28 Å². The highest BCUT2D eigenvalue weighted by Gasteiger charge is 2.05. The van der Waals surface area contributed by atoms with E-state index in [0.717, 1.165) is 9.28 Å². The summed E-state index contributed by atoms with van der Waals surface area (Å²) in [5.74, 6) is 0. The molecule has 0 radical (unpaired) electrons. The van der Waals surface area contributed by atoms with Crippen LogP contribution in [0.15, 0.2) is 15.2 Å². The lowest BCUT2D eigenvalue weighted by atomic mass is 10.9. The van der Waals surface area contributed by atoms with E-state index in [2.05, 4.69) is 11.0 Å². The average molecular weight is 131 g/mol. The highest BCUT2D eigenvalue weighted by atomic mass is 32.2. The molecule has 0 saturated carbocycles. The molecule has 1 nitrogen and oxygen atoms in total. The summed E-state index contributed by atoms with van der Waals surface area (Å²) in [4.78, 5) is 0. The summed E-state index contributed by atoms with van der Waals surface area (Å²) < 4.78 is 5.09. The van der Waals surface area contributed by atoms with Gasteiger partial charge >= 0.3 is 0 Å². The molecule has 0 aliphatic carbocycles. The molecule has 0 N–H and O–H groups in total. The number of hydrogen-bond donors (Lipinski definition) is 0. The molecule has 0 spiro atoms. The number of thioether (sulfide) groups is 1. The van der Waals surface area contributed by atoms with E-state index in [1.165, 1.54) is 11.9 Å². The molecule has 38 valence electrons. The van der Waals surface area contributed by atoms with Crippen LogP contribution in [-0.2, 0) is 0 Å². The average Bonchev–Trinajstić information content (AvgIpc) is 1.87. The van der Waals surface area contributed by atoms with Crippen molar-refractivity contribution in [1.82, 2.24) is 0 Å². The molecule has 0 aromatic heterocycles. The first-order valence-corrected chi connectivity index (χ1v) is 3.46. The van der Waals surface area contributed by atoms with E-state index in [0.29, 0.717) is 0 Å². The van der Waals surface area contributed by atoms with Crippen LogP contribution in [0.3, 0.4) is 0 Å². The Morgan fingerprint density at radius 1 is 1.71 bits per heavy atom. The van der Waals surface area contributed by atoms with E-state index in [1.54, 1.807) is 11.8 Å². The minimum atomic E-state index is 1.08. The quantitative estimate of drug-likeness (QED) is 0.467. The minimum Gasteiger partial charge on any atom is -0.209 e. The van der Waals surface area contributed by atoms with Gasteiger partial charge in [0.1, 0.15) is 0 Å². The molecule has 1 rings (SSSR count). The zero-order valence-corrected chi connectivity index (χ0v) is 5.60. The molecule has 1 heterocycles. The van der Waals surface area contributed by atoms with Gasteiger partial charge in [0.25, 0.3) is 0 Å². The summed E-state index contributed by atoms with van der Waals surface area (Å²) in [6, 6.07) is 0. The second kappa shape index (κ2) is 1.92. The summed E-state index contributed by atoms with van der Waals surface area (Å²) in [7, 11) is 0. The van der Waals surface area contributed by atoms with Gasteiger partial charge in [-0.1, -0.05) is 18.3 Å². The van der Waals surface area contributed by atoms with E-state index in [1.807, 2.05) is 6.92 Å². The molecule has 1 aliphatic heterocycles. The van der Waals surface area contributed by atoms with Crippen LogP contribution < -0.4 is 0 Å². The van der Waals surface area contributed by atoms with Crippen molar-refractivity contribution in [1.29, 1.82) is 0 Å². The summed E-state index contributed by atoms with van der Waals surface area (Å²) in [6.07, 6.45) is 0. The smallest absolute Gasteiger partial charge is 0.0841 e. The molecule has 0 bridgehead atoms. The minimum absolute atomic E-state index is 1.08. The van der Waals surface area contributed by atoms with Gasteiger partial charge in [0.2, 0.25) is 0 Å². The van der Waals surface area contributed by atoms with Crippen LogP contribution in [0, 0.1) is 0 Å². The van der Waals surface area contributed by atoms with Crippen LogP contribution in [0.1, 0.15) is 6.92 Å². The Morgan fingerprint density at radius 3 is 2.57 bits per heavy atom. The predicted octanol–water partition coefficient (Wildman–Crippen LogP) is 2.27. The van der Waals surface area contributed by atoms with E-state index < -0.39 is 0 Å². The monoisotopic (exact) mass is 131 g/mol. The zero-order valence-electron chi connectivity index (χ0n) is 3.97. The maximum atomic E-state index is 4.01. The molecule has 0 saturated heterocycles. The molecule has 0 fully saturated rings. The lowest BCUT2D eigenvalue weighted by molar-refractivity contribution is 1.88. The van der Waals surface area contributed by atoms with E-state index in [4.69, 9.17) is 0 Å². The Hall–Kier alpha value is 0.110. The van der Waals surface area contributed by atoms with Gasteiger partial charge in [-0.25, -0.2) is 4.40 Å². The molecule has 3 heteroatoms. The van der Waals surface area contributed by atoms with Crippen molar-refractivity contribution in [3.63, 3.8) is 0 Å². The molecule has 0 atom stereocenters. The first kappa shape index (κ1) is 5.25. The van der Waals surface area contributed by atoms with Gasteiger partial charge in [-0.15, -0.1) is 0 Å². The van der Waals surface area contributed by atoms with Crippen LogP contribution in [0.25, 0.3) is 0 Å². The Kier molecular flexibility index (Phi) is 1.44. The maximum absolute atomic E-state index is 4.01. The van der Waals surface area contributed by atoms with Crippen LogP contribution >= 0.6 is 23.7 Å². The highest BCUT2D eigenvalue weighted by Crippen LogP contribution is 2.35. The van der Waals surface area contributed by atoms with Gasteiger partial charge in [0.15, 0.2) is 0 Å². The van der Waals surface area contributed by atoms with Crippen LogP contribution in [0.5, 0.6) is 0 Å². The summed E-state index contributed by atoms with van der Waals surface area (Å²) >= 11 is 3.10. The summed E-state index contributed by atoms with van der Waals surface area (Å²) in [5.41, 5.74) is 0. The van der Waals surface area contributed by atoms with E-state index in [9.17, 15) is 0 Å². The standard InChI is InChI=1S/C4H5NS2/c1-3-5-7-4(2)6-3/h2H2,1H3. The third-order valence-corrected chi connectivity index (χ3v) is 2.31. The molecule has 0 aromatic carbocycles. The largest absolute Gasteiger partial charge is 0.209 e. The number of hydrogen-bond acceptors (Lipinski definition) is 3. The topological polar surface area (TPSA) is 12.4 Å². The predicted molar refractivity (Wildman–Crippen MR) is 37.4 cm³/mol. The SMILES string of the molecule is C=C1SN=C(C)S1. The third-order valence-electron chi connectivity index (χ3n) is 0.538. The van der Waals surface area contributed by atoms with Crippen LogP contribution in [0.2, 0.25) is 0 Å². The molecular formula is C4H5NS2. The molecule has 7 heavy (non-hydrogen) atoms. The van der Waals surface area contributed by atoms with Gasteiger partial charge in [-0.2, -0.15) is 0 Å². The first-order chi connectivity index (χ1) is 3.29. The Balaban J connectivity index is 2.58. The van der Waals surface area contributed by atoms with Crippen LogP contribution in [-0.4, -0.2) is 5.04 Å². The van der Waals surface area contributed by atoms with Gasteiger partial charge in [-0.05, 0) is 6.92 Å². The van der Waals surface area contributed by atoms with Gasteiger partial charge in [0, 0.05) is 11.9 Å². The number of rotatable bonds is 0. The maximum Gasteiger partial charge on any atom is 0.0841 e. The second-order valence-electron chi connectivity index (χ2n) is 1.18. The third kappa shape index (κ3) is 1.24. The zero-order chi connectivity index (χ0) is 5.28. The molecule has 0 aromatic rings. The van der Waals surface area contributed by atoms with E-state index >= 15 is 0 Å². The van der Waals surface area contributed by atoms with Crippen molar-refractivity contribution < 1.29 is 0 Å². The van der Waals surface area contributed by atoms with Crippen molar-refractivity contribution in [3.8, 4) is 0 Å². The Bertz CT molecular complexity index is 128. The molecule has 0 amide bonds. The van der Waals surface area contributed by atoms with Crippen molar-refractivity contribution in [2.24, 2.45) is 4.40 Å². The fourth-order valence-corrected chi connectivity index (χ4v) is 1.76. The van der Waals surface area contributed by atoms with Crippen molar-refractivity contribution >= 4 is 28.8 Å². The number of nitrogens with zero attached hydrogens (tertiary/aromatic N) is 1. The lowest BCUT2D eigenvalue weighted by Gasteiger charge is -1.80. The Morgan fingerprint density at radius 2 is 2.43 bits per heavy atom. The second-order valence-corrected chi connectivity index (χ2v) is 3.58. The lowest BCUT2D eigenvalue weighted by Crippen LogP contribution is -1.68. The van der Waals surface area contributed by atoms with Crippen molar-refractivity contribution in [2.75, 3.05) is 0 Å². The first-order valence-electron chi connectivity index (χ1n) is 1.87. The van der Waals surface area contributed by atoms with E-state index in [-0.39, 0.29) is 0 Å². The normalized spacial score (nSPS) is 20.1. The van der Waals surface area contributed by atoms with Crippen molar-refractivity contribution in [3.05, 3.63) is 10.8 Å². The van der Waals surface area contributed by atoms with Crippen molar-refractivity contribution in [2.45, 2.75) is 6.92 Å². The summed E-state index contributed by atoms with van der Waals surface area (Å²) in [6.45, 7) is 5.70. The van der Waals surface area contributed by atoms with Gasteiger partial charge < -0.3 is 0 Å². The fraction of sp³-hybridized carbons (Fsp3) is 0.250. The molecule has 0 unspecified atom stereocenters. The van der Waals surface area contributed by atoms with Gasteiger partial charge in [-0.3, -0.25) is 0 Å². The molecule has 1 aliphatic rings. The highest BCUT2D eigenvalue weighted by molar-refractivity contribution is 8.32.